The molecule has 1 aromatic carbocycles. The van der Waals surface area contributed by atoms with Crippen molar-refractivity contribution in [3.63, 3.8) is 0 Å². The number of fused-ring (bicyclic) bond motifs is 1. The van der Waals surface area contributed by atoms with Gasteiger partial charge in [-0.1, -0.05) is 0 Å². The lowest BCUT2D eigenvalue weighted by Gasteiger charge is -2.34. The van der Waals surface area contributed by atoms with Gasteiger partial charge < -0.3 is 30.6 Å². The van der Waals surface area contributed by atoms with Crippen molar-refractivity contribution in [3.05, 3.63) is 29.6 Å². The highest BCUT2D eigenvalue weighted by molar-refractivity contribution is 5.97. The van der Waals surface area contributed by atoms with Crippen molar-refractivity contribution in [2.75, 3.05) is 26.2 Å². The number of piperidine rings is 1. The average molecular weight is 464 g/mol. The lowest BCUT2D eigenvalue weighted by molar-refractivity contribution is -0.674. The van der Waals surface area contributed by atoms with E-state index in [2.05, 4.69) is 35.2 Å². The van der Waals surface area contributed by atoms with Crippen molar-refractivity contribution in [2.24, 2.45) is 0 Å². The van der Waals surface area contributed by atoms with Crippen LogP contribution in [0.4, 0.5) is 0 Å². The summed E-state index contributed by atoms with van der Waals surface area (Å²) in [6, 6.07) is 5.92. The number of amides is 1. The Morgan fingerprint density at radius 2 is 1.88 bits per heavy atom. The van der Waals surface area contributed by atoms with Gasteiger partial charge in [0.25, 0.3) is 11.7 Å². The van der Waals surface area contributed by atoms with E-state index in [0.717, 1.165) is 37.0 Å². The highest BCUT2D eigenvalue weighted by Gasteiger charge is 2.29. The summed E-state index contributed by atoms with van der Waals surface area (Å²) < 4.78 is 4.48. The summed E-state index contributed by atoms with van der Waals surface area (Å²) in [5.41, 5.74) is 2.85. The van der Waals surface area contributed by atoms with Crippen molar-refractivity contribution in [2.45, 2.75) is 77.5 Å². The lowest BCUT2D eigenvalue weighted by Crippen LogP contribution is -2.49. The number of nitrogens with zero attached hydrogens (tertiary/aromatic N) is 3. The van der Waals surface area contributed by atoms with E-state index < -0.39 is 18.3 Å². The van der Waals surface area contributed by atoms with Crippen molar-refractivity contribution >= 4 is 16.9 Å². The Kier molecular flexibility index (Phi) is 8.83. The third kappa shape index (κ3) is 5.73. The second-order valence-corrected chi connectivity index (χ2v) is 8.93. The van der Waals surface area contributed by atoms with E-state index in [9.17, 15) is 20.1 Å². The van der Waals surface area contributed by atoms with Gasteiger partial charge in [-0.05, 0) is 45.2 Å². The zero-order valence-electron chi connectivity index (χ0n) is 19.9. The summed E-state index contributed by atoms with van der Waals surface area (Å²) in [5.74, 6) is 1.10. The van der Waals surface area contributed by atoms with Crippen molar-refractivity contribution < 1.29 is 29.8 Å². The third-order valence-electron chi connectivity index (χ3n) is 6.81. The van der Waals surface area contributed by atoms with Gasteiger partial charge in [0.2, 0.25) is 0 Å². The Hall–Kier alpha value is -2.04. The highest BCUT2D eigenvalue weighted by Crippen LogP contribution is 2.18. The van der Waals surface area contributed by atoms with Crippen molar-refractivity contribution in [1.29, 1.82) is 0 Å². The highest BCUT2D eigenvalue weighted by atomic mass is 16.4. The van der Waals surface area contributed by atoms with Crippen LogP contribution in [0.5, 0.6) is 0 Å². The standard InChI is InChI=1S/C24H38N4O5/c1-4-27-16(3)28(5-2)20-14-17(6-7-19(20)27)24(33)25-18-8-11-26(12-9-18)15-22(31)23(32)21(30)10-13-29/h6-7,14,18,21-23,29-32H,4-5,8-13,15H2,1-3H3/p+1. The number of aromatic nitrogens is 2. The number of nitrogens with one attached hydrogen (secondary N) is 1. The Bertz CT molecular complexity index is 939. The molecule has 9 nitrogen and oxygen atoms in total. The topological polar surface area (TPSA) is 122 Å². The Balaban J connectivity index is 1.56. The van der Waals surface area contributed by atoms with Crippen molar-refractivity contribution in [1.82, 2.24) is 14.8 Å². The second kappa shape index (κ2) is 11.4. The number of rotatable bonds is 10. The van der Waals surface area contributed by atoms with E-state index in [1.807, 2.05) is 23.1 Å². The van der Waals surface area contributed by atoms with E-state index >= 15 is 0 Å². The van der Waals surface area contributed by atoms with Crippen LogP contribution >= 0.6 is 0 Å². The zero-order valence-corrected chi connectivity index (χ0v) is 19.9. The van der Waals surface area contributed by atoms with Gasteiger partial charge in [-0.3, -0.25) is 4.79 Å². The number of aryl methyl sites for hydroxylation is 2. The predicted molar refractivity (Wildman–Crippen MR) is 125 cm³/mol. The maximum absolute atomic E-state index is 12.9. The number of carbonyl (C=O) groups excluding carboxylic acids is 1. The first-order valence-corrected chi connectivity index (χ1v) is 12.0. The van der Waals surface area contributed by atoms with Crippen LogP contribution in [0.3, 0.4) is 0 Å². The minimum Gasteiger partial charge on any atom is -0.396 e. The van der Waals surface area contributed by atoms with Gasteiger partial charge >= 0.3 is 0 Å². The first-order chi connectivity index (χ1) is 15.8. The number of benzene rings is 1. The normalized spacial score (nSPS) is 18.4. The molecule has 184 valence electrons. The molecule has 2 aromatic rings. The molecule has 0 bridgehead atoms. The van der Waals surface area contributed by atoms with Gasteiger partial charge in [0.15, 0.2) is 11.0 Å². The quantitative estimate of drug-likeness (QED) is 0.315. The monoisotopic (exact) mass is 463 g/mol. The molecule has 1 aliphatic rings. The molecule has 33 heavy (non-hydrogen) atoms. The molecular weight excluding hydrogens is 424 g/mol. The van der Waals surface area contributed by atoms with Crippen LogP contribution in [0.2, 0.25) is 0 Å². The fourth-order valence-electron chi connectivity index (χ4n) is 4.86. The fourth-order valence-corrected chi connectivity index (χ4v) is 4.86. The van der Waals surface area contributed by atoms with Crippen LogP contribution in [0.25, 0.3) is 11.0 Å². The number of hydrogen-bond donors (Lipinski definition) is 5. The SMILES string of the molecule is CCn1c(C)[n+](CC)c2ccc(C(=O)NC3CCN(CC(O)C(O)C(O)CCO)CC3)cc21. The van der Waals surface area contributed by atoms with E-state index in [4.69, 9.17) is 5.11 Å². The number of β-amino-alcohol motifs (C(OH)–C–C–N with tert-alkyl or cyclic N) is 1. The lowest BCUT2D eigenvalue weighted by atomic mass is 10.0. The van der Waals surface area contributed by atoms with Gasteiger partial charge in [-0.2, -0.15) is 0 Å². The van der Waals surface area contributed by atoms with Crippen LogP contribution in [0.1, 0.15) is 49.3 Å². The molecular formula is C24H39N4O5+. The third-order valence-corrected chi connectivity index (χ3v) is 6.81. The first kappa shape index (κ1) is 25.6. The second-order valence-electron chi connectivity index (χ2n) is 8.93. The zero-order chi connectivity index (χ0) is 24.1. The molecule has 0 radical (unpaired) electrons. The van der Waals surface area contributed by atoms with Crippen molar-refractivity contribution in [3.8, 4) is 0 Å². The number of imidazole rings is 1. The van der Waals surface area contributed by atoms with Gasteiger partial charge in [0, 0.05) is 50.8 Å². The van der Waals surface area contributed by atoms with Gasteiger partial charge in [-0.25, -0.2) is 9.13 Å². The summed E-state index contributed by atoms with van der Waals surface area (Å²) in [5, 5.41) is 42.0. The molecule has 5 N–H and O–H groups in total. The van der Waals surface area contributed by atoms with E-state index in [0.29, 0.717) is 18.7 Å². The van der Waals surface area contributed by atoms with Crippen LogP contribution in [-0.2, 0) is 13.1 Å². The molecule has 1 fully saturated rings. The molecule has 3 rings (SSSR count). The fraction of sp³-hybridized carbons (Fsp3) is 0.667. The van der Waals surface area contributed by atoms with Crippen LogP contribution in [0, 0.1) is 6.92 Å². The maximum Gasteiger partial charge on any atom is 0.254 e. The minimum absolute atomic E-state index is 0.0269. The van der Waals surface area contributed by atoms with Crippen LogP contribution < -0.4 is 9.88 Å². The van der Waals surface area contributed by atoms with Gasteiger partial charge in [0.05, 0.1) is 25.3 Å². The predicted octanol–water partition coefficient (Wildman–Crippen LogP) is -0.0637. The average Bonchev–Trinajstić information content (AvgIpc) is 3.09. The molecule has 9 heteroatoms. The molecule has 1 amide bonds. The molecule has 0 spiro atoms. The van der Waals surface area contributed by atoms with E-state index in [1.54, 1.807) is 0 Å². The minimum atomic E-state index is -1.29. The largest absolute Gasteiger partial charge is 0.396 e. The maximum atomic E-state index is 12.9. The molecule has 2 heterocycles. The smallest absolute Gasteiger partial charge is 0.254 e. The first-order valence-electron chi connectivity index (χ1n) is 12.0. The number of likely N-dealkylation sites (tertiary alicyclic amines) is 1. The number of aliphatic hydroxyl groups is 4. The number of aliphatic hydroxyl groups excluding tert-OH is 4. The molecule has 3 atom stereocenters. The van der Waals surface area contributed by atoms with Crippen LogP contribution in [0.15, 0.2) is 18.2 Å². The molecule has 3 unspecified atom stereocenters. The van der Waals surface area contributed by atoms with E-state index in [1.165, 1.54) is 5.82 Å². The number of carbonyl (C=O) groups is 1. The molecule has 1 saturated heterocycles. The van der Waals surface area contributed by atoms with E-state index in [-0.39, 0.29) is 31.5 Å². The Morgan fingerprint density at radius 3 is 2.48 bits per heavy atom. The summed E-state index contributed by atoms with van der Waals surface area (Å²) in [4.78, 5) is 15.0. The molecule has 0 aliphatic carbocycles. The van der Waals surface area contributed by atoms with Gasteiger partial charge in [-0.15, -0.1) is 0 Å². The summed E-state index contributed by atoms with van der Waals surface area (Å²) in [6.07, 6.45) is -2.01. The Labute approximate surface area is 195 Å². The Morgan fingerprint density at radius 1 is 1.18 bits per heavy atom. The molecule has 0 saturated carbocycles. The summed E-state index contributed by atoms with van der Waals surface area (Å²) >= 11 is 0. The summed E-state index contributed by atoms with van der Waals surface area (Å²) in [6.45, 7) is 9.41. The van der Waals surface area contributed by atoms with Gasteiger partial charge in [0.1, 0.15) is 6.10 Å². The molecule has 1 aromatic heterocycles. The number of hydrogen-bond acceptors (Lipinski definition) is 6. The molecule has 1 aliphatic heterocycles. The van der Waals surface area contributed by atoms with Crippen LogP contribution in [-0.4, -0.2) is 86.4 Å². The summed E-state index contributed by atoms with van der Waals surface area (Å²) in [7, 11) is 0.